The van der Waals surface area contributed by atoms with Crippen molar-refractivity contribution in [3.05, 3.63) is 35.4 Å². The Morgan fingerprint density at radius 3 is 2.68 bits per heavy atom. The van der Waals surface area contributed by atoms with Crippen LogP contribution in [0.4, 0.5) is 0 Å². The minimum Gasteiger partial charge on any atom is -0.369 e. The second kappa shape index (κ2) is 4.64. The summed E-state index contributed by atoms with van der Waals surface area (Å²) in [6.07, 6.45) is 1.06. The summed E-state index contributed by atoms with van der Waals surface area (Å²) < 4.78 is 0. The molecular weight excluding hydrogens is 236 g/mol. The number of nitrogens with one attached hydrogen (secondary N) is 1. The Kier molecular flexibility index (Phi) is 3.43. The van der Waals surface area contributed by atoms with Crippen molar-refractivity contribution in [3.63, 3.8) is 0 Å². The van der Waals surface area contributed by atoms with Crippen LogP contribution in [0, 0.1) is 5.41 Å². The quantitative estimate of drug-likeness (QED) is 0.874. The first-order chi connectivity index (χ1) is 8.74. The monoisotopic (exact) mass is 260 g/mol. The first kappa shape index (κ1) is 14.1. The third kappa shape index (κ3) is 2.66. The van der Waals surface area contributed by atoms with Crippen LogP contribution in [0.25, 0.3) is 0 Å². The summed E-state index contributed by atoms with van der Waals surface area (Å²) in [7, 11) is 0. The average molecular weight is 260 g/mol. The number of fused-ring (bicyclic) bond motifs is 1. The van der Waals surface area contributed by atoms with Crippen molar-refractivity contribution in [2.24, 2.45) is 11.1 Å². The maximum atomic E-state index is 11.4. The van der Waals surface area contributed by atoms with Crippen LogP contribution in [0.15, 0.2) is 24.3 Å². The molecule has 0 bridgehead atoms. The van der Waals surface area contributed by atoms with E-state index in [1.165, 1.54) is 11.1 Å². The van der Waals surface area contributed by atoms with Gasteiger partial charge in [-0.2, -0.15) is 0 Å². The highest BCUT2D eigenvalue weighted by Gasteiger charge is 2.37. The van der Waals surface area contributed by atoms with Gasteiger partial charge in [-0.05, 0) is 36.8 Å². The zero-order valence-corrected chi connectivity index (χ0v) is 12.3. The fraction of sp³-hybridized carbons (Fsp3) is 0.562. The number of benzene rings is 1. The van der Waals surface area contributed by atoms with E-state index in [0.717, 1.165) is 6.42 Å². The van der Waals surface area contributed by atoms with E-state index in [4.69, 9.17) is 5.73 Å². The van der Waals surface area contributed by atoms with Crippen molar-refractivity contribution in [2.45, 2.75) is 45.6 Å². The maximum absolute atomic E-state index is 11.4. The van der Waals surface area contributed by atoms with Gasteiger partial charge in [-0.25, -0.2) is 0 Å². The second-order valence-corrected chi connectivity index (χ2v) is 6.86. The molecule has 0 spiro atoms. The van der Waals surface area contributed by atoms with Crippen LogP contribution in [0.2, 0.25) is 0 Å². The van der Waals surface area contributed by atoms with Gasteiger partial charge in [0.15, 0.2) is 0 Å². The van der Waals surface area contributed by atoms with E-state index in [1.54, 1.807) is 0 Å². The molecule has 1 aliphatic rings. The Morgan fingerprint density at radius 2 is 2.05 bits per heavy atom. The van der Waals surface area contributed by atoms with Crippen molar-refractivity contribution in [2.75, 3.05) is 6.54 Å². The molecular formula is C16H24N2O. The number of primary amides is 1. The fourth-order valence-electron chi connectivity index (χ4n) is 2.80. The molecule has 1 aromatic rings. The van der Waals surface area contributed by atoms with Crippen LogP contribution in [0.3, 0.4) is 0 Å². The zero-order valence-electron chi connectivity index (χ0n) is 12.3. The van der Waals surface area contributed by atoms with Gasteiger partial charge >= 0.3 is 0 Å². The summed E-state index contributed by atoms with van der Waals surface area (Å²) in [5, 5.41) is 3.51. The Bertz CT molecular complexity index is 491. The van der Waals surface area contributed by atoms with Crippen LogP contribution < -0.4 is 11.1 Å². The predicted octanol–water partition coefficient (Wildman–Crippen LogP) is 2.51. The molecule has 1 atom stereocenters. The largest absolute Gasteiger partial charge is 0.369 e. The SMILES string of the molecule is CC(C)(CN[C@@H]1CC(C)(C)c2ccccc21)C(N)=O. The summed E-state index contributed by atoms with van der Waals surface area (Å²) in [6, 6.07) is 8.87. The third-order valence-corrected chi connectivity index (χ3v) is 4.24. The van der Waals surface area contributed by atoms with Gasteiger partial charge in [0, 0.05) is 12.6 Å². The van der Waals surface area contributed by atoms with Gasteiger partial charge in [-0.1, -0.05) is 38.1 Å². The minimum absolute atomic E-state index is 0.186. The highest BCUT2D eigenvalue weighted by molar-refractivity contribution is 5.80. The molecule has 1 aromatic carbocycles. The standard InChI is InChI=1S/C16H24N2O/c1-15(2)9-13(11-7-5-6-8-12(11)15)18-10-16(3,4)14(17)19/h5-8,13,18H,9-10H2,1-4H3,(H2,17,19)/t13-/m1/s1. The van der Waals surface area contributed by atoms with Crippen molar-refractivity contribution in [1.29, 1.82) is 0 Å². The molecule has 0 aromatic heterocycles. The van der Waals surface area contributed by atoms with Crippen LogP contribution in [-0.2, 0) is 10.2 Å². The topological polar surface area (TPSA) is 55.1 Å². The van der Waals surface area contributed by atoms with E-state index in [2.05, 4.69) is 43.4 Å². The highest BCUT2D eigenvalue weighted by atomic mass is 16.1. The van der Waals surface area contributed by atoms with E-state index < -0.39 is 5.41 Å². The number of carbonyl (C=O) groups excluding carboxylic acids is 1. The highest BCUT2D eigenvalue weighted by Crippen LogP contribution is 2.44. The summed E-state index contributed by atoms with van der Waals surface area (Å²) >= 11 is 0. The van der Waals surface area contributed by atoms with Gasteiger partial charge in [0.1, 0.15) is 0 Å². The van der Waals surface area contributed by atoms with Crippen LogP contribution in [0.1, 0.15) is 51.3 Å². The van der Waals surface area contributed by atoms with Crippen LogP contribution >= 0.6 is 0 Å². The normalized spacial score (nSPS) is 21.2. The molecule has 3 N–H and O–H groups in total. The van der Waals surface area contributed by atoms with Gasteiger partial charge < -0.3 is 11.1 Å². The van der Waals surface area contributed by atoms with Crippen molar-refractivity contribution >= 4 is 5.91 Å². The number of amides is 1. The smallest absolute Gasteiger partial charge is 0.224 e. The van der Waals surface area contributed by atoms with Crippen molar-refractivity contribution < 1.29 is 4.79 Å². The predicted molar refractivity (Wildman–Crippen MR) is 77.8 cm³/mol. The summed E-state index contributed by atoms with van der Waals surface area (Å²) in [5.41, 5.74) is 7.86. The molecule has 104 valence electrons. The number of hydrogen-bond acceptors (Lipinski definition) is 2. The van der Waals surface area contributed by atoms with Gasteiger partial charge in [-0.3, -0.25) is 4.79 Å². The lowest BCUT2D eigenvalue weighted by Crippen LogP contribution is -2.41. The molecule has 3 heteroatoms. The Hall–Kier alpha value is -1.35. The molecule has 3 nitrogen and oxygen atoms in total. The second-order valence-electron chi connectivity index (χ2n) is 6.86. The zero-order chi connectivity index (χ0) is 14.3. The Labute approximate surface area is 115 Å². The van der Waals surface area contributed by atoms with Crippen molar-refractivity contribution in [1.82, 2.24) is 5.32 Å². The van der Waals surface area contributed by atoms with Crippen molar-refractivity contribution in [3.8, 4) is 0 Å². The first-order valence-electron chi connectivity index (χ1n) is 6.87. The number of rotatable bonds is 4. The minimum atomic E-state index is -0.512. The molecule has 0 aliphatic heterocycles. The molecule has 2 rings (SSSR count). The van der Waals surface area contributed by atoms with E-state index in [1.807, 2.05) is 13.8 Å². The Balaban J connectivity index is 2.15. The van der Waals surface area contributed by atoms with E-state index >= 15 is 0 Å². The number of hydrogen-bond donors (Lipinski definition) is 2. The lowest BCUT2D eigenvalue weighted by molar-refractivity contribution is -0.125. The van der Waals surface area contributed by atoms with E-state index in [-0.39, 0.29) is 11.3 Å². The summed E-state index contributed by atoms with van der Waals surface area (Å²) in [4.78, 5) is 11.4. The van der Waals surface area contributed by atoms with Crippen LogP contribution in [0.5, 0.6) is 0 Å². The molecule has 1 amide bonds. The maximum Gasteiger partial charge on any atom is 0.224 e. The van der Waals surface area contributed by atoms with Gasteiger partial charge in [0.2, 0.25) is 5.91 Å². The molecule has 1 aliphatic carbocycles. The van der Waals surface area contributed by atoms with Gasteiger partial charge in [0.25, 0.3) is 0 Å². The lowest BCUT2D eigenvalue weighted by Gasteiger charge is -2.25. The van der Waals surface area contributed by atoms with E-state index in [9.17, 15) is 4.79 Å². The lowest BCUT2D eigenvalue weighted by atomic mass is 9.86. The molecule has 0 heterocycles. The molecule has 0 saturated heterocycles. The number of nitrogens with two attached hydrogens (primary N) is 1. The molecule has 19 heavy (non-hydrogen) atoms. The summed E-state index contributed by atoms with van der Waals surface area (Å²) in [6.45, 7) is 8.92. The third-order valence-electron chi connectivity index (χ3n) is 4.24. The number of carbonyl (C=O) groups is 1. The van der Waals surface area contributed by atoms with Gasteiger partial charge in [0.05, 0.1) is 5.41 Å². The molecule has 0 radical (unpaired) electrons. The molecule has 0 unspecified atom stereocenters. The fourth-order valence-corrected chi connectivity index (χ4v) is 2.80. The summed E-state index contributed by atoms with van der Waals surface area (Å²) in [5.74, 6) is -0.259. The molecule has 0 fully saturated rings. The van der Waals surface area contributed by atoms with Gasteiger partial charge in [-0.15, -0.1) is 0 Å². The van der Waals surface area contributed by atoms with Crippen LogP contribution in [-0.4, -0.2) is 12.5 Å². The Morgan fingerprint density at radius 1 is 1.42 bits per heavy atom. The first-order valence-corrected chi connectivity index (χ1v) is 6.87. The molecule has 0 saturated carbocycles. The van der Waals surface area contributed by atoms with E-state index in [0.29, 0.717) is 12.6 Å². The average Bonchev–Trinajstić information content (AvgIpc) is 2.59.